The van der Waals surface area contributed by atoms with Crippen molar-refractivity contribution in [1.29, 1.82) is 0 Å². The molecular weight excluding hydrogens is 356 g/mol. The fraction of sp³-hybridized carbons (Fsp3) is 0.381. The van der Waals surface area contributed by atoms with Crippen LogP contribution in [0.25, 0.3) is 0 Å². The average molecular weight is 380 g/mol. The van der Waals surface area contributed by atoms with Crippen LogP contribution < -0.4 is 5.32 Å². The van der Waals surface area contributed by atoms with Gasteiger partial charge in [0.25, 0.3) is 11.8 Å². The number of aryl methyl sites for hydroxylation is 1. The first-order chi connectivity index (χ1) is 13.2. The molecule has 1 aromatic carbocycles. The predicted molar refractivity (Wildman–Crippen MR) is 105 cm³/mol. The lowest BCUT2D eigenvalue weighted by Crippen LogP contribution is -2.31. The van der Waals surface area contributed by atoms with E-state index < -0.39 is 0 Å². The van der Waals surface area contributed by atoms with Crippen molar-refractivity contribution in [2.45, 2.75) is 46.0 Å². The normalized spacial score (nSPS) is 13.6. The highest BCUT2D eigenvalue weighted by molar-refractivity contribution is 6.21. The molecule has 3 amide bonds. The van der Waals surface area contributed by atoms with E-state index in [-0.39, 0.29) is 36.1 Å². The van der Waals surface area contributed by atoms with Crippen molar-refractivity contribution in [2.24, 2.45) is 0 Å². The third-order valence-corrected chi connectivity index (χ3v) is 4.52. The van der Waals surface area contributed by atoms with Crippen LogP contribution in [0, 0.1) is 6.92 Å². The first-order valence-electron chi connectivity index (χ1n) is 9.26. The molecule has 2 heterocycles. The van der Waals surface area contributed by atoms with Gasteiger partial charge in [0.05, 0.1) is 29.2 Å². The zero-order valence-corrected chi connectivity index (χ0v) is 16.6. The Morgan fingerprint density at radius 2 is 1.71 bits per heavy atom. The van der Waals surface area contributed by atoms with Crippen molar-refractivity contribution in [3.05, 3.63) is 53.1 Å². The molecule has 3 rings (SSSR count). The molecule has 1 N–H and O–H groups in total. The number of nitrogens with zero attached hydrogens (tertiary/aromatic N) is 3. The van der Waals surface area contributed by atoms with E-state index in [1.807, 2.05) is 33.8 Å². The van der Waals surface area contributed by atoms with Gasteiger partial charge in [-0.15, -0.1) is 0 Å². The van der Waals surface area contributed by atoms with E-state index >= 15 is 0 Å². The molecule has 1 aliphatic heterocycles. The number of hydrogen-bond donors (Lipinski definition) is 1. The summed E-state index contributed by atoms with van der Waals surface area (Å²) in [5.74, 6) is -0.104. The maximum absolute atomic E-state index is 12.4. The summed E-state index contributed by atoms with van der Waals surface area (Å²) < 4.78 is 0. The van der Waals surface area contributed by atoms with E-state index in [1.54, 1.807) is 24.5 Å². The van der Waals surface area contributed by atoms with Crippen molar-refractivity contribution < 1.29 is 14.4 Å². The maximum atomic E-state index is 12.4. The molecule has 1 aromatic heterocycles. The van der Waals surface area contributed by atoms with Crippen molar-refractivity contribution in [1.82, 2.24) is 14.9 Å². The average Bonchev–Trinajstić information content (AvgIpc) is 2.85. The van der Waals surface area contributed by atoms with Crippen LogP contribution in [0.4, 0.5) is 5.69 Å². The molecule has 0 bridgehead atoms. The fourth-order valence-electron chi connectivity index (χ4n) is 3.01. The minimum Gasteiger partial charge on any atom is -0.323 e. The second-order valence-electron chi connectivity index (χ2n) is 8.01. The number of benzene rings is 1. The summed E-state index contributed by atoms with van der Waals surface area (Å²) in [4.78, 5) is 46.7. The Bertz CT molecular complexity index is 930. The second kappa shape index (κ2) is 7.50. The van der Waals surface area contributed by atoms with Gasteiger partial charge >= 0.3 is 0 Å². The van der Waals surface area contributed by atoms with Gasteiger partial charge in [0, 0.05) is 18.4 Å². The molecule has 7 heteroatoms. The van der Waals surface area contributed by atoms with Crippen LogP contribution in [0.3, 0.4) is 0 Å². The lowest BCUT2D eigenvalue weighted by atomic mass is 9.96. The molecule has 146 valence electrons. The molecule has 0 saturated heterocycles. The molecule has 0 aliphatic carbocycles. The summed E-state index contributed by atoms with van der Waals surface area (Å²) in [6.45, 7) is 8.13. The van der Waals surface area contributed by atoms with Crippen molar-refractivity contribution in [2.75, 3.05) is 11.9 Å². The Morgan fingerprint density at radius 1 is 1.07 bits per heavy atom. The molecule has 0 radical (unpaired) electrons. The first-order valence-corrected chi connectivity index (χ1v) is 9.26. The molecule has 0 spiro atoms. The Hall–Kier alpha value is -3.09. The van der Waals surface area contributed by atoms with Crippen LogP contribution in [0.1, 0.15) is 65.7 Å². The number of anilines is 1. The van der Waals surface area contributed by atoms with Crippen LogP contribution in [-0.4, -0.2) is 39.1 Å². The summed E-state index contributed by atoms with van der Waals surface area (Å²) in [6.07, 6.45) is 3.74. The molecular formula is C21H24N4O3. The standard InChI is InChI=1S/C21H24N4O3/c1-13-7-8-15-16(10-13)19(28)25(18(15)27)9-5-6-17(26)24-14-11-22-20(23-12-14)21(2,3)4/h7-8,10-12H,5-6,9H2,1-4H3,(H,24,26). The van der Waals surface area contributed by atoms with Gasteiger partial charge in [-0.25, -0.2) is 9.97 Å². The monoisotopic (exact) mass is 380 g/mol. The van der Waals surface area contributed by atoms with Gasteiger partial charge in [-0.05, 0) is 25.5 Å². The lowest BCUT2D eigenvalue weighted by molar-refractivity contribution is -0.116. The zero-order valence-electron chi connectivity index (χ0n) is 16.6. The van der Waals surface area contributed by atoms with E-state index in [9.17, 15) is 14.4 Å². The van der Waals surface area contributed by atoms with E-state index in [0.717, 1.165) is 5.56 Å². The van der Waals surface area contributed by atoms with Crippen molar-refractivity contribution in [3.63, 3.8) is 0 Å². The summed E-state index contributed by atoms with van der Waals surface area (Å²) in [5.41, 5.74) is 2.16. The first kappa shape index (κ1) is 19.7. The Morgan fingerprint density at radius 3 is 2.36 bits per heavy atom. The topological polar surface area (TPSA) is 92.3 Å². The van der Waals surface area contributed by atoms with Gasteiger partial charge in [-0.1, -0.05) is 32.4 Å². The van der Waals surface area contributed by atoms with Crippen LogP contribution in [0.5, 0.6) is 0 Å². The van der Waals surface area contributed by atoms with Gasteiger partial charge in [0.1, 0.15) is 5.82 Å². The van der Waals surface area contributed by atoms with Gasteiger partial charge in [0.2, 0.25) is 5.91 Å². The Labute approximate surface area is 164 Å². The number of carbonyl (C=O) groups excluding carboxylic acids is 3. The second-order valence-corrected chi connectivity index (χ2v) is 8.01. The smallest absolute Gasteiger partial charge is 0.261 e. The highest BCUT2D eigenvalue weighted by Gasteiger charge is 2.34. The highest BCUT2D eigenvalue weighted by atomic mass is 16.2. The molecule has 7 nitrogen and oxygen atoms in total. The zero-order chi connectivity index (χ0) is 20.5. The number of aromatic nitrogens is 2. The van der Waals surface area contributed by atoms with Crippen LogP contribution in [0.15, 0.2) is 30.6 Å². The summed E-state index contributed by atoms with van der Waals surface area (Å²) >= 11 is 0. The van der Waals surface area contributed by atoms with E-state index in [1.165, 1.54) is 4.90 Å². The molecule has 0 fully saturated rings. The molecule has 0 saturated carbocycles. The van der Waals surface area contributed by atoms with E-state index in [4.69, 9.17) is 0 Å². The van der Waals surface area contributed by atoms with Gasteiger partial charge in [0.15, 0.2) is 0 Å². The lowest BCUT2D eigenvalue weighted by Gasteiger charge is -2.16. The summed E-state index contributed by atoms with van der Waals surface area (Å²) in [6, 6.07) is 5.22. The third kappa shape index (κ3) is 4.08. The number of fused-ring (bicyclic) bond motifs is 1. The van der Waals surface area contributed by atoms with E-state index in [2.05, 4.69) is 15.3 Å². The maximum Gasteiger partial charge on any atom is 0.261 e. The molecule has 1 aliphatic rings. The number of hydrogen-bond acceptors (Lipinski definition) is 5. The largest absolute Gasteiger partial charge is 0.323 e. The number of nitrogens with one attached hydrogen (secondary N) is 1. The fourth-order valence-corrected chi connectivity index (χ4v) is 3.01. The third-order valence-electron chi connectivity index (χ3n) is 4.52. The summed E-state index contributed by atoms with van der Waals surface area (Å²) in [7, 11) is 0. The van der Waals surface area contributed by atoms with Crippen molar-refractivity contribution >= 4 is 23.4 Å². The van der Waals surface area contributed by atoms with Gasteiger partial charge in [-0.3, -0.25) is 19.3 Å². The minimum absolute atomic E-state index is 0.159. The molecule has 28 heavy (non-hydrogen) atoms. The van der Waals surface area contributed by atoms with Crippen LogP contribution in [-0.2, 0) is 10.2 Å². The van der Waals surface area contributed by atoms with Crippen LogP contribution >= 0.6 is 0 Å². The van der Waals surface area contributed by atoms with Gasteiger partial charge < -0.3 is 5.32 Å². The number of imide groups is 1. The molecule has 0 atom stereocenters. The van der Waals surface area contributed by atoms with Crippen molar-refractivity contribution in [3.8, 4) is 0 Å². The highest BCUT2D eigenvalue weighted by Crippen LogP contribution is 2.24. The Balaban J connectivity index is 1.52. The van der Waals surface area contributed by atoms with E-state index in [0.29, 0.717) is 29.1 Å². The quantitative estimate of drug-likeness (QED) is 0.805. The SMILES string of the molecule is Cc1ccc2c(c1)C(=O)N(CCCC(=O)Nc1cnc(C(C)(C)C)nc1)C2=O. The number of rotatable bonds is 5. The molecule has 2 aromatic rings. The number of amides is 3. The summed E-state index contributed by atoms with van der Waals surface area (Å²) in [5, 5.41) is 2.74. The van der Waals surface area contributed by atoms with Gasteiger partial charge in [-0.2, -0.15) is 0 Å². The Kier molecular flexibility index (Phi) is 5.27. The number of carbonyl (C=O) groups is 3. The predicted octanol–water partition coefficient (Wildman–Crippen LogP) is 3.10. The molecule has 0 unspecified atom stereocenters. The minimum atomic E-state index is -0.299. The van der Waals surface area contributed by atoms with Crippen LogP contribution in [0.2, 0.25) is 0 Å².